The van der Waals surface area contributed by atoms with Gasteiger partial charge in [-0.2, -0.15) is 0 Å². The van der Waals surface area contributed by atoms with Crippen molar-refractivity contribution in [3.8, 4) is 0 Å². The van der Waals surface area contributed by atoms with Gasteiger partial charge >= 0.3 is 0 Å². The summed E-state index contributed by atoms with van der Waals surface area (Å²) >= 11 is 0. The van der Waals surface area contributed by atoms with Gasteiger partial charge in [0.05, 0.1) is 0 Å². The van der Waals surface area contributed by atoms with Crippen LogP contribution in [-0.2, 0) is 13.0 Å². The smallest absolute Gasteiger partial charge is 0.123 e. The Bertz CT molecular complexity index is 576. The summed E-state index contributed by atoms with van der Waals surface area (Å²) in [6.45, 7) is 0.860. The first-order chi connectivity index (χ1) is 9.74. The Kier molecular flexibility index (Phi) is 3.83. The topological polar surface area (TPSA) is 3.24 Å². The molecular weight excluding hydrogens is 249 g/mol. The minimum Gasteiger partial charge on any atom is -0.295 e. The standard InChI is InChI=1S/C18H20FN/c1-20(13-14-9-11-16(19)12-10-14)18-8-4-6-15-5-2-3-7-17(15)18/h2-3,5,7,9-12,18H,4,6,8,13H2,1H3. The SMILES string of the molecule is CN(Cc1ccc(F)cc1)C1CCCc2ccccc21. The van der Waals surface area contributed by atoms with Crippen LogP contribution in [0.15, 0.2) is 48.5 Å². The van der Waals surface area contributed by atoms with Crippen LogP contribution in [0.4, 0.5) is 4.39 Å². The van der Waals surface area contributed by atoms with Crippen LogP contribution in [0.5, 0.6) is 0 Å². The molecule has 0 spiro atoms. The van der Waals surface area contributed by atoms with E-state index in [1.54, 1.807) is 0 Å². The lowest BCUT2D eigenvalue weighted by molar-refractivity contribution is 0.213. The van der Waals surface area contributed by atoms with Crippen LogP contribution in [0, 0.1) is 5.82 Å². The van der Waals surface area contributed by atoms with E-state index < -0.39 is 0 Å². The number of halogens is 1. The first-order valence-electron chi connectivity index (χ1n) is 7.26. The molecule has 3 rings (SSSR count). The van der Waals surface area contributed by atoms with Gasteiger partial charge in [-0.25, -0.2) is 4.39 Å². The number of nitrogens with zero attached hydrogens (tertiary/aromatic N) is 1. The van der Waals surface area contributed by atoms with Crippen LogP contribution < -0.4 is 0 Å². The fourth-order valence-corrected chi connectivity index (χ4v) is 3.17. The monoisotopic (exact) mass is 269 g/mol. The lowest BCUT2D eigenvalue weighted by atomic mass is 9.87. The van der Waals surface area contributed by atoms with E-state index in [9.17, 15) is 4.39 Å². The maximum atomic E-state index is 13.0. The van der Waals surface area contributed by atoms with Gasteiger partial charge in [0.1, 0.15) is 5.82 Å². The fraction of sp³-hybridized carbons (Fsp3) is 0.333. The van der Waals surface area contributed by atoms with Crippen molar-refractivity contribution in [1.29, 1.82) is 0 Å². The van der Waals surface area contributed by atoms with Crippen molar-refractivity contribution in [2.45, 2.75) is 31.8 Å². The summed E-state index contributed by atoms with van der Waals surface area (Å²) in [4.78, 5) is 2.38. The largest absolute Gasteiger partial charge is 0.295 e. The molecule has 1 aliphatic rings. The van der Waals surface area contributed by atoms with Gasteiger partial charge in [0, 0.05) is 12.6 Å². The van der Waals surface area contributed by atoms with Gasteiger partial charge in [-0.15, -0.1) is 0 Å². The first-order valence-corrected chi connectivity index (χ1v) is 7.26. The van der Waals surface area contributed by atoms with Crippen molar-refractivity contribution < 1.29 is 4.39 Å². The zero-order valence-electron chi connectivity index (χ0n) is 11.8. The normalized spacial score (nSPS) is 18.1. The van der Waals surface area contributed by atoms with E-state index in [1.165, 1.54) is 42.5 Å². The summed E-state index contributed by atoms with van der Waals surface area (Å²) in [6.07, 6.45) is 3.64. The van der Waals surface area contributed by atoms with Gasteiger partial charge in [0.25, 0.3) is 0 Å². The number of aryl methyl sites for hydroxylation is 1. The molecular formula is C18H20FN. The first kappa shape index (κ1) is 13.3. The molecule has 0 fully saturated rings. The van der Waals surface area contributed by atoms with Crippen molar-refractivity contribution >= 4 is 0 Å². The van der Waals surface area contributed by atoms with E-state index in [-0.39, 0.29) is 5.82 Å². The number of fused-ring (bicyclic) bond motifs is 1. The van der Waals surface area contributed by atoms with Crippen LogP contribution in [0.1, 0.15) is 35.6 Å². The molecule has 0 radical (unpaired) electrons. The molecule has 1 unspecified atom stereocenters. The molecule has 0 aromatic heterocycles. The third kappa shape index (κ3) is 2.75. The summed E-state index contributed by atoms with van der Waals surface area (Å²) < 4.78 is 13.0. The second-order valence-electron chi connectivity index (χ2n) is 5.65. The van der Waals surface area contributed by atoms with Crippen LogP contribution in [0.3, 0.4) is 0 Å². The Morgan fingerprint density at radius 3 is 2.65 bits per heavy atom. The zero-order valence-corrected chi connectivity index (χ0v) is 11.8. The summed E-state index contributed by atoms with van der Waals surface area (Å²) in [7, 11) is 2.16. The molecule has 0 aliphatic heterocycles. The van der Waals surface area contributed by atoms with Crippen molar-refractivity contribution in [2.75, 3.05) is 7.05 Å². The van der Waals surface area contributed by atoms with Crippen LogP contribution >= 0.6 is 0 Å². The van der Waals surface area contributed by atoms with Gasteiger partial charge < -0.3 is 0 Å². The number of benzene rings is 2. The molecule has 1 aliphatic carbocycles. The quantitative estimate of drug-likeness (QED) is 0.801. The van der Waals surface area contributed by atoms with Crippen molar-refractivity contribution in [2.24, 2.45) is 0 Å². The Morgan fingerprint density at radius 2 is 1.85 bits per heavy atom. The highest BCUT2D eigenvalue weighted by atomic mass is 19.1. The molecule has 0 N–H and O–H groups in total. The third-order valence-electron chi connectivity index (χ3n) is 4.22. The minimum atomic E-state index is -0.167. The van der Waals surface area contributed by atoms with Gasteiger partial charge in [0.15, 0.2) is 0 Å². The van der Waals surface area contributed by atoms with Crippen molar-refractivity contribution in [3.63, 3.8) is 0 Å². The molecule has 0 bridgehead atoms. The summed E-state index contributed by atoms with van der Waals surface area (Å²) in [5.74, 6) is -0.167. The number of hydrogen-bond donors (Lipinski definition) is 0. The molecule has 2 heteroatoms. The minimum absolute atomic E-state index is 0.167. The van der Waals surface area contributed by atoms with E-state index in [1.807, 2.05) is 12.1 Å². The third-order valence-corrected chi connectivity index (χ3v) is 4.22. The highest BCUT2D eigenvalue weighted by molar-refractivity contribution is 5.32. The Labute approximate surface area is 120 Å². The van der Waals surface area contributed by atoms with Gasteiger partial charge in [0.2, 0.25) is 0 Å². The van der Waals surface area contributed by atoms with Gasteiger partial charge in [-0.05, 0) is 55.1 Å². The van der Waals surface area contributed by atoms with Gasteiger partial charge in [-0.1, -0.05) is 36.4 Å². The molecule has 2 aromatic rings. The Balaban J connectivity index is 1.78. The van der Waals surface area contributed by atoms with Crippen molar-refractivity contribution in [1.82, 2.24) is 4.90 Å². The summed E-state index contributed by atoms with van der Waals surface area (Å²) in [5, 5.41) is 0. The average molecular weight is 269 g/mol. The lowest BCUT2D eigenvalue weighted by Crippen LogP contribution is -2.27. The second kappa shape index (κ2) is 5.76. The van der Waals surface area contributed by atoms with E-state index in [0.717, 1.165) is 12.1 Å². The second-order valence-corrected chi connectivity index (χ2v) is 5.65. The maximum absolute atomic E-state index is 13.0. The van der Waals surface area contributed by atoms with Crippen LogP contribution in [0.25, 0.3) is 0 Å². The summed E-state index contributed by atoms with van der Waals surface area (Å²) in [5.41, 5.74) is 4.11. The van der Waals surface area contributed by atoms with E-state index in [4.69, 9.17) is 0 Å². The molecule has 0 heterocycles. The molecule has 2 aromatic carbocycles. The van der Waals surface area contributed by atoms with Gasteiger partial charge in [-0.3, -0.25) is 4.90 Å². The Hall–Kier alpha value is -1.67. The predicted octanol–water partition coefficient (Wildman–Crippen LogP) is 4.34. The number of hydrogen-bond acceptors (Lipinski definition) is 1. The summed E-state index contributed by atoms with van der Waals surface area (Å²) in [6, 6.07) is 16.1. The van der Waals surface area contributed by atoms with Crippen LogP contribution in [0.2, 0.25) is 0 Å². The lowest BCUT2D eigenvalue weighted by Gasteiger charge is -2.33. The molecule has 1 atom stereocenters. The number of rotatable bonds is 3. The van der Waals surface area contributed by atoms with Crippen LogP contribution in [-0.4, -0.2) is 11.9 Å². The molecule has 1 nitrogen and oxygen atoms in total. The highest BCUT2D eigenvalue weighted by Crippen LogP contribution is 2.34. The molecule has 0 saturated carbocycles. The zero-order chi connectivity index (χ0) is 13.9. The van der Waals surface area contributed by atoms with Crippen molar-refractivity contribution in [3.05, 3.63) is 71.0 Å². The fourth-order valence-electron chi connectivity index (χ4n) is 3.17. The molecule has 0 amide bonds. The molecule has 0 saturated heterocycles. The van der Waals surface area contributed by atoms with E-state index in [2.05, 4.69) is 36.2 Å². The maximum Gasteiger partial charge on any atom is 0.123 e. The molecule has 20 heavy (non-hydrogen) atoms. The Morgan fingerprint density at radius 1 is 1.10 bits per heavy atom. The molecule has 104 valence electrons. The predicted molar refractivity (Wildman–Crippen MR) is 80.0 cm³/mol. The van der Waals surface area contributed by atoms with E-state index in [0.29, 0.717) is 6.04 Å². The average Bonchev–Trinajstić information content (AvgIpc) is 2.49. The van der Waals surface area contributed by atoms with E-state index >= 15 is 0 Å². The highest BCUT2D eigenvalue weighted by Gasteiger charge is 2.23.